The van der Waals surface area contributed by atoms with Gasteiger partial charge in [0.15, 0.2) is 11.4 Å². The summed E-state index contributed by atoms with van der Waals surface area (Å²) in [6.07, 6.45) is 2.87. The maximum atomic E-state index is 12.1. The van der Waals surface area contributed by atoms with Crippen LogP contribution in [0.5, 0.6) is 0 Å². The second kappa shape index (κ2) is 4.04. The van der Waals surface area contributed by atoms with Gasteiger partial charge in [-0.05, 0) is 0 Å². The van der Waals surface area contributed by atoms with Crippen LogP contribution in [0.15, 0.2) is 17.3 Å². The Kier molecular flexibility index (Phi) is 2.80. The van der Waals surface area contributed by atoms with Gasteiger partial charge in [0.25, 0.3) is 5.56 Å². The zero-order chi connectivity index (χ0) is 13.5. The van der Waals surface area contributed by atoms with E-state index in [1.54, 1.807) is 7.05 Å². The van der Waals surface area contributed by atoms with Crippen LogP contribution < -0.4 is 5.56 Å². The normalized spacial score (nSPS) is 12.0. The minimum absolute atomic E-state index is 0.00496. The van der Waals surface area contributed by atoms with Gasteiger partial charge < -0.3 is 0 Å². The maximum absolute atomic E-state index is 12.1. The van der Waals surface area contributed by atoms with E-state index in [-0.39, 0.29) is 17.9 Å². The van der Waals surface area contributed by atoms with Crippen molar-refractivity contribution in [3.05, 3.63) is 22.9 Å². The maximum Gasteiger partial charge on any atom is 0.264 e. The third kappa shape index (κ3) is 2.05. The fraction of sp³-hybridized carbons (Fsp3) is 0.500. The molecule has 18 heavy (non-hydrogen) atoms. The number of aryl methyl sites for hydroxylation is 1. The van der Waals surface area contributed by atoms with Gasteiger partial charge in [0, 0.05) is 12.5 Å². The Morgan fingerprint density at radius 1 is 1.39 bits per heavy atom. The first kappa shape index (κ1) is 12.5. The number of aromatic nitrogens is 4. The first-order chi connectivity index (χ1) is 8.30. The van der Waals surface area contributed by atoms with E-state index in [2.05, 4.69) is 10.1 Å². The molecule has 0 aromatic carbocycles. The Balaban J connectivity index is 2.45. The Morgan fingerprint density at radius 2 is 2.06 bits per heavy atom. The van der Waals surface area contributed by atoms with Gasteiger partial charge in [-0.3, -0.25) is 18.8 Å². The summed E-state index contributed by atoms with van der Waals surface area (Å²) in [7, 11) is 1.72. The summed E-state index contributed by atoms with van der Waals surface area (Å²) in [6.45, 7) is 5.53. The van der Waals surface area contributed by atoms with E-state index >= 15 is 0 Å². The van der Waals surface area contributed by atoms with E-state index in [0.29, 0.717) is 11.0 Å². The molecule has 0 saturated carbocycles. The topological polar surface area (TPSA) is 69.8 Å². The molecule has 6 nitrogen and oxygen atoms in total. The van der Waals surface area contributed by atoms with Crippen molar-refractivity contribution < 1.29 is 4.79 Å². The molecule has 0 N–H and O–H groups in total. The van der Waals surface area contributed by atoms with Crippen LogP contribution in [0, 0.1) is 5.41 Å². The largest absolute Gasteiger partial charge is 0.297 e. The lowest BCUT2D eigenvalue weighted by Gasteiger charge is -2.16. The van der Waals surface area contributed by atoms with Crippen LogP contribution in [0.3, 0.4) is 0 Å². The van der Waals surface area contributed by atoms with Crippen molar-refractivity contribution in [2.75, 3.05) is 0 Å². The van der Waals surface area contributed by atoms with Gasteiger partial charge in [-0.2, -0.15) is 5.10 Å². The Bertz CT molecular complexity index is 661. The molecule has 96 valence electrons. The number of hydrogen-bond donors (Lipinski definition) is 0. The molecule has 0 aliphatic rings. The molecule has 0 atom stereocenters. The minimum Gasteiger partial charge on any atom is -0.297 e. The molecule has 2 aromatic rings. The van der Waals surface area contributed by atoms with E-state index in [0.717, 1.165) is 0 Å². The quantitative estimate of drug-likeness (QED) is 0.786. The summed E-state index contributed by atoms with van der Waals surface area (Å²) in [5.41, 5.74) is -0.172. The lowest BCUT2D eigenvalue weighted by molar-refractivity contribution is -0.126. The number of hydrogen-bond acceptors (Lipinski definition) is 4. The highest BCUT2D eigenvalue weighted by molar-refractivity contribution is 5.83. The number of ketones is 1. The van der Waals surface area contributed by atoms with Crippen molar-refractivity contribution in [3.63, 3.8) is 0 Å². The molecule has 0 saturated heterocycles. The van der Waals surface area contributed by atoms with Crippen LogP contribution in [-0.4, -0.2) is 25.1 Å². The third-order valence-corrected chi connectivity index (χ3v) is 2.87. The van der Waals surface area contributed by atoms with Gasteiger partial charge in [0.2, 0.25) is 0 Å². The van der Waals surface area contributed by atoms with Crippen LogP contribution in [-0.2, 0) is 18.4 Å². The molecule has 0 aliphatic carbocycles. The van der Waals surface area contributed by atoms with Crippen LogP contribution in [0.25, 0.3) is 11.0 Å². The molecule has 0 radical (unpaired) electrons. The molecular weight excluding hydrogens is 232 g/mol. The van der Waals surface area contributed by atoms with Gasteiger partial charge in [0.05, 0.1) is 12.7 Å². The molecule has 0 unspecified atom stereocenters. The number of carbonyl (C=O) groups excluding carboxylic acids is 1. The minimum atomic E-state index is -0.469. The van der Waals surface area contributed by atoms with Crippen LogP contribution in [0.4, 0.5) is 0 Å². The Morgan fingerprint density at radius 3 is 2.67 bits per heavy atom. The average Bonchev–Trinajstić information content (AvgIpc) is 2.64. The van der Waals surface area contributed by atoms with E-state index in [1.807, 2.05) is 20.8 Å². The fourth-order valence-electron chi connectivity index (χ4n) is 1.57. The van der Waals surface area contributed by atoms with Crippen molar-refractivity contribution in [1.82, 2.24) is 19.3 Å². The molecular formula is C12H16N4O2. The summed E-state index contributed by atoms with van der Waals surface area (Å²) in [5.74, 6) is -0.00496. The van der Waals surface area contributed by atoms with Crippen molar-refractivity contribution >= 4 is 16.8 Å². The number of rotatable bonds is 2. The number of nitrogens with zero attached hydrogens (tertiary/aromatic N) is 4. The van der Waals surface area contributed by atoms with Gasteiger partial charge >= 0.3 is 0 Å². The highest BCUT2D eigenvalue weighted by Crippen LogP contribution is 2.15. The second-order valence-electron chi connectivity index (χ2n) is 5.36. The molecule has 0 spiro atoms. The first-order valence-corrected chi connectivity index (χ1v) is 5.71. The SMILES string of the molecule is Cn1ncc2c(=O)n(CC(=O)C(C)(C)C)cnc21. The number of carbonyl (C=O) groups is 1. The fourth-order valence-corrected chi connectivity index (χ4v) is 1.57. The van der Waals surface area contributed by atoms with Gasteiger partial charge in [-0.1, -0.05) is 20.8 Å². The van der Waals surface area contributed by atoms with E-state index < -0.39 is 5.41 Å². The molecule has 2 aromatic heterocycles. The predicted molar refractivity (Wildman–Crippen MR) is 67.2 cm³/mol. The zero-order valence-electron chi connectivity index (χ0n) is 11.0. The molecule has 0 amide bonds. The van der Waals surface area contributed by atoms with Crippen molar-refractivity contribution in [1.29, 1.82) is 0 Å². The zero-order valence-corrected chi connectivity index (χ0v) is 11.0. The van der Waals surface area contributed by atoms with E-state index in [1.165, 1.54) is 21.8 Å². The summed E-state index contributed by atoms with van der Waals surface area (Å²) in [5, 5.41) is 4.41. The first-order valence-electron chi connectivity index (χ1n) is 5.71. The van der Waals surface area contributed by atoms with Crippen LogP contribution >= 0.6 is 0 Å². The average molecular weight is 248 g/mol. The molecule has 0 bridgehead atoms. The standard InChI is InChI=1S/C12H16N4O2/c1-12(2,3)9(17)6-16-7-13-10-8(11(16)18)5-14-15(10)4/h5,7H,6H2,1-4H3. The number of fused-ring (bicyclic) bond motifs is 1. The van der Waals surface area contributed by atoms with Gasteiger partial charge in [-0.25, -0.2) is 4.98 Å². The lowest BCUT2D eigenvalue weighted by atomic mass is 9.91. The molecule has 6 heteroatoms. The summed E-state index contributed by atoms with van der Waals surface area (Å²) in [4.78, 5) is 28.2. The number of Topliss-reactive ketones (excluding diaryl/α,β-unsaturated/α-hetero) is 1. The predicted octanol–water partition coefficient (Wildman–Crippen LogP) is 0.745. The van der Waals surface area contributed by atoms with E-state index in [9.17, 15) is 9.59 Å². The highest BCUT2D eigenvalue weighted by atomic mass is 16.1. The highest BCUT2D eigenvalue weighted by Gasteiger charge is 2.22. The Labute approximate surface area is 104 Å². The third-order valence-electron chi connectivity index (χ3n) is 2.87. The van der Waals surface area contributed by atoms with Crippen LogP contribution in [0.1, 0.15) is 20.8 Å². The monoisotopic (exact) mass is 248 g/mol. The van der Waals surface area contributed by atoms with Gasteiger partial charge in [0.1, 0.15) is 11.7 Å². The smallest absolute Gasteiger partial charge is 0.264 e. The van der Waals surface area contributed by atoms with Crippen LogP contribution in [0.2, 0.25) is 0 Å². The summed E-state index contributed by atoms with van der Waals surface area (Å²) < 4.78 is 2.87. The summed E-state index contributed by atoms with van der Waals surface area (Å²) >= 11 is 0. The van der Waals surface area contributed by atoms with E-state index in [4.69, 9.17) is 0 Å². The molecule has 2 rings (SSSR count). The molecule has 0 aliphatic heterocycles. The second-order valence-corrected chi connectivity index (χ2v) is 5.36. The van der Waals surface area contributed by atoms with Crippen molar-refractivity contribution in [2.24, 2.45) is 12.5 Å². The molecule has 2 heterocycles. The molecule has 0 fully saturated rings. The van der Waals surface area contributed by atoms with Gasteiger partial charge in [-0.15, -0.1) is 0 Å². The van der Waals surface area contributed by atoms with Crippen molar-refractivity contribution in [3.8, 4) is 0 Å². The van der Waals surface area contributed by atoms with Crippen molar-refractivity contribution in [2.45, 2.75) is 27.3 Å². The Hall–Kier alpha value is -1.98. The lowest BCUT2D eigenvalue weighted by Crippen LogP contribution is -2.30. The summed E-state index contributed by atoms with van der Waals surface area (Å²) in [6, 6.07) is 0.